The van der Waals surface area contributed by atoms with Crippen molar-refractivity contribution in [2.45, 2.75) is 6.92 Å². The quantitative estimate of drug-likeness (QED) is 0.546. The summed E-state index contributed by atoms with van der Waals surface area (Å²) < 4.78 is 0. The first-order valence-electron chi connectivity index (χ1n) is 3.92. The van der Waals surface area contributed by atoms with Gasteiger partial charge in [0.2, 0.25) is 0 Å². The molecule has 1 heterocycles. The Morgan fingerprint density at radius 2 is 2.50 bits per heavy atom. The lowest BCUT2D eigenvalue weighted by atomic mass is 10.4. The van der Waals surface area contributed by atoms with Gasteiger partial charge in [0.15, 0.2) is 0 Å². The molecular weight excluding hydrogens is 190 g/mol. The van der Waals surface area contributed by atoms with Crippen LogP contribution < -0.4 is 5.48 Å². The number of aromatic nitrogens is 1. The molecule has 0 amide bonds. The van der Waals surface area contributed by atoms with Gasteiger partial charge in [-0.3, -0.25) is 10.1 Å². The van der Waals surface area contributed by atoms with E-state index in [0.717, 1.165) is 12.3 Å². The fraction of sp³-hybridized carbons (Fsp3) is 0.286. The number of carbonyl (C=O) groups is 1. The maximum atomic E-state index is 11.1. The Morgan fingerprint density at radius 3 is 3.00 bits per heavy atom. The Labute approximate surface area is 79.2 Å². The molecule has 0 aliphatic rings. The van der Waals surface area contributed by atoms with Crippen LogP contribution in [0.5, 0.6) is 0 Å². The Balaban J connectivity index is 2.66. The summed E-state index contributed by atoms with van der Waals surface area (Å²) in [4.78, 5) is 27.7. The minimum absolute atomic E-state index is 0.0395. The predicted molar refractivity (Wildman–Crippen MR) is 46.5 cm³/mol. The van der Waals surface area contributed by atoms with Crippen LogP contribution in [-0.4, -0.2) is 22.4 Å². The summed E-state index contributed by atoms with van der Waals surface area (Å²) in [7, 11) is 0. The van der Waals surface area contributed by atoms with Crippen LogP contribution in [0.25, 0.3) is 0 Å². The molecule has 0 spiro atoms. The van der Waals surface area contributed by atoms with E-state index < -0.39 is 10.9 Å². The highest BCUT2D eigenvalue weighted by atomic mass is 16.7. The highest BCUT2D eigenvalue weighted by Gasteiger charge is 2.15. The van der Waals surface area contributed by atoms with Crippen molar-refractivity contribution in [1.29, 1.82) is 0 Å². The van der Waals surface area contributed by atoms with Gasteiger partial charge in [0, 0.05) is 12.6 Å². The number of rotatable bonds is 4. The van der Waals surface area contributed by atoms with Gasteiger partial charge in [-0.2, -0.15) is 5.48 Å². The summed E-state index contributed by atoms with van der Waals surface area (Å²) in [6, 6.07) is 1.11. The van der Waals surface area contributed by atoms with E-state index in [1.54, 1.807) is 6.92 Å². The van der Waals surface area contributed by atoms with Crippen LogP contribution in [0.3, 0.4) is 0 Å². The topological polar surface area (TPSA) is 97.3 Å². The van der Waals surface area contributed by atoms with Crippen molar-refractivity contribution in [2.75, 3.05) is 6.54 Å². The Hall–Kier alpha value is -1.89. The van der Waals surface area contributed by atoms with E-state index in [-0.39, 0.29) is 11.4 Å². The van der Waals surface area contributed by atoms with Crippen molar-refractivity contribution in [3.63, 3.8) is 0 Å². The summed E-state index contributed by atoms with van der Waals surface area (Å²) >= 11 is 0. The van der Waals surface area contributed by atoms with Crippen LogP contribution in [0.1, 0.15) is 17.4 Å². The van der Waals surface area contributed by atoms with Crippen LogP contribution in [-0.2, 0) is 4.84 Å². The zero-order chi connectivity index (χ0) is 10.6. The average Bonchev–Trinajstić information content (AvgIpc) is 2.62. The molecule has 0 aromatic carbocycles. The second kappa shape index (κ2) is 4.38. The second-order valence-corrected chi connectivity index (χ2v) is 2.42. The van der Waals surface area contributed by atoms with Crippen molar-refractivity contribution >= 4 is 11.7 Å². The van der Waals surface area contributed by atoms with E-state index in [2.05, 4.69) is 15.3 Å². The highest BCUT2D eigenvalue weighted by molar-refractivity contribution is 5.88. The summed E-state index contributed by atoms with van der Waals surface area (Å²) in [5.41, 5.74) is 2.21. The smallest absolute Gasteiger partial charge is 0.366 e. The van der Waals surface area contributed by atoms with Crippen molar-refractivity contribution in [3.05, 3.63) is 28.1 Å². The number of nitrogens with one attached hydrogen (secondary N) is 2. The van der Waals surface area contributed by atoms with Gasteiger partial charge in [-0.1, -0.05) is 0 Å². The second-order valence-electron chi connectivity index (χ2n) is 2.42. The number of hydrogen-bond donors (Lipinski definition) is 2. The molecular formula is C7H9N3O4. The van der Waals surface area contributed by atoms with Crippen LogP contribution in [0.4, 0.5) is 5.69 Å². The van der Waals surface area contributed by atoms with Crippen LogP contribution >= 0.6 is 0 Å². The van der Waals surface area contributed by atoms with Crippen molar-refractivity contribution in [1.82, 2.24) is 10.5 Å². The minimum Gasteiger partial charge on any atom is -0.366 e. The average molecular weight is 199 g/mol. The standard InChI is InChI=1S/C7H9N3O4/c1-2-9-14-7(11)6-3-5(4-8-6)10(12)13/h3-4,8-9H,2H2,1H3. The number of hydroxylamine groups is 1. The lowest BCUT2D eigenvalue weighted by Gasteiger charge is -1.99. The molecule has 0 saturated heterocycles. The van der Waals surface area contributed by atoms with Gasteiger partial charge in [-0.15, -0.1) is 0 Å². The molecule has 0 saturated carbocycles. The number of H-pyrrole nitrogens is 1. The van der Waals surface area contributed by atoms with Gasteiger partial charge >= 0.3 is 5.97 Å². The molecule has 0 radical (unpaired) electrons. The molecule has 0 atom stereocenters. The fourth-order valence-electron chi connectivity index (χ4n) is 0.799. The molecule has 1 rings (SSSR count). The molecule has 0 unspecified atom stereocenters. The van der Waals surface area contributed by atoms with Gasteiger partial charge in [-0.25, -0.2) is 4.79 Å². The maximum Gasteiger partial charge on any atom is 0.373 e. The van der Waals surface area contributed by atoms with Crippen molar-refractivity contribution in [3.8, 4) is 0 Å². The number of nitro groups is 1. The summed E-state index contributed by atoms with van der Waals surface area (Å²) in [5.74, 6) is -0.681. The Morgan fingerprint density at radius 1 is 1.79 bits per heavy atom. The maximum absolute atomic E-state index is 11.1. The third-order valence-electron chi connectivity index (χ3n) is 1.41. The van der Waals surface area contributed by atoms with Gasteiger partial charge in [0.25, 0.3) is 5.69 Å². The lowest BCUT2D eigenvalue weighted by Crippen LogP contribution is -2.19. The van der Waals surface area contributed by atoms with E-state index >= 15 is 0 Å². The van der Waals surface area contributed by atoms with Crippen LogP contribution in [0, 0.1) is 10.1 Å². The van der Waals surface area contributed by atoms with Crippen molar-refractivity contribution < 1.29 is 14.6 Å². The SMILES string of the molecule is CCNOC(=O)c1cc([N+](=O)[O-])c[nH]1. The van der Waals surface area contributed by atoms with Gasteiger partial charge in [-0.05, 0) is 6.92 Å². The molecule has 14 heavy (non-hydrogen) atoms. The summed E-state index contributed by atoms with van der Waals surface area (Å²) in [6.45, 7) is 2.22. The number of carbonyl (C=O) groups excluding carboxylic acids is 1. The summed E-state index contributed by atoms with van der Waals surface area (Å²) in [5, 5.41) is 10.3. The van der Waals surface area contributed by atoms with Gasteiger partial charge in [0.1, 0.15) is 5.69 Å². The molecule has 0 fully saturated rings. The highest BCUT2D eigenvalue weighted by Crippen LogP contribution is 2.12. The van der Waals surface area contributed by atoms with Gasteiger partial charge < -0.3 is 9.82 Å². The third kappa shape index (κ3) is 2.30. The first-order valence-corrected chi connectivity index (χ1v) is 3.92. The molecule has 0 aliphatic heterocycles. The minimum atomic E-state index is -0.681. The molecule has 0 bridgehead atoms. The zero-order valence-electron chi connectivity index (χ0n) is 7.44. The van der Waals surface area contributed by atoms with E-state index in [4.69, 9.17) is 0 Å². The molecule has 0 aliphatic carbocycles. The number of hydrogen-bond acceptors (Lipinski definition) is 5. The fourth-order valence-corrected chi connectivity index (χ4v) is 0.799. The number of aromatic amines is 1. The zero-order valence-corrected chi connectivity index (χ0v) is 7.44. The van der Waals surface area contributed by atoms with E-state index in [0.29, 0.717) is 6.54 Å². The lowest BCUT2D eigenvalue weighted by molar-refractivity contribution is -0.384. The predicted octanol–water partition coefficient (Wildman–Crippen LogP) is 0.604. The summed E-state index contributed by atoms with van der Waals surface area (Å²) in [6.07, 6.45) is 1.13. The molecule has 76 valence electrons. The van der Waals surface area contributed by atoms with E-state index in [9.17, 15) is 14.9 Å². The third-order valence-corrected chi connectivity index (χ3v) is 1.41. The van der Waals surface area contributed by atoms with Crippen LogP contribution in [0.15, 0.2) is 12.3 Å². The van der Waals surface area contributed by atoms with E-state index in [1.165, 1.54) is 0 Å². The van der Waals surface area contributed by atoms with Crippen LogP contribution in [0.2, 0.25) is 0 Å². The molecule has 1 aromatic heterocycles. The van der Waals surface area contributed by atoms with Crippen molar-refractivity contribution in [2.24, 2.45) is 0 Å². The molecule has 7 nitrogen and oxygen atoms in total. The first-order chi connectivity index (χ1) is 6.65. The molecule has 7 heteroatoms. The molecule has 1 aromatic rings. The largest absolute Gasteiger partial charge is 0.373 e. The first kappa shape index (κ1) is 10.2. The van der Waals surface area contributed by atoms with E-state index in [1.807, 2.05) is 0 Å². The number of nitrogens with zero attached hydrogens (tertiary/aromatic N) is 1. The normalized spacial score (nSPS) is 9.79. The monoisotopic (exact) mass is 199 g/mol. The molecule has 2 N–H and O–H groups in total. The van der Waals surface area contributed by atoms with Gasteiger partial charge in [0.05, 0.1) is 11.1 Å². The Bertz CT molecular complexity index is 346. The Kier molecular flexibility index (Phi) is 3.19.